The average Bonchev–Trinajstić information content (AvgIpc) is 2.25. The summed E-state index contributed by atoms with van der Waals surface area (Å²) in [6, 6.07) is 2.86. The molecule has 0 aromatic heterocycles. The highest BCUT2D eigenvalue weighted by Gasteiger charge is 2.21. The van der Waals surface area contributed by atoms with Crippen molar-refractivity contribution in [3.05, 3.63) is 28.8 Å². The molecule has 1 aromatic rings. The predicted octanol–water partition coefficient (Wildman–Crippen LogP) is 4.01. The fourth-order valence-electron chi connectivity index (χ4n) is 1.68. The summed E-state index contributed by atoms with van der Waals surface area (Å²) in [5.74, 6) is -0.854. The van der Waals surface area contributed by atoms with Gasteiger partial charge in [0.25, 0.3) is 6.43 Å². The molecule has 4 heteroatoms. The monoisotopic (exact) mass is 242 g/mol. The van der Waals surface area contributed by atoms with Gasteiger partial charge in [-0.1, -0.05) is 19.4 Å². The summed E-state index contributed by atoms with van der Waals surface area (Å²) < 4.78 is 25.4. The van der Waals surface area contributed by atoms with Gasteiger partial charge in [0.1, 0.15) is 5.75 Å². The Morgan fingerprint density at radius 2 is 2.06 bits per heavy atom. The Morgan fingerprint density at radius 1 is 1.41 bits per heavy atom. The summed E-state index contributed by atoms with van der Waals surface area (Å²) in [7, 11) is 0. The maximum atomic E-state index is 12.7. The molecule has 2 nitrogen and oxygen atoms in total. The van der Waals surface area contributed by atoms with E-state index in [9.17, 15) is 18.7 Å². The maximum absolute atomic E-state index is 12.7. The van der Waals surface area contributed by atoms with Crippen molar-refractivity contribution in [3.63, 3.8) is 0 Å². The molecule has 94 valence electrons. The largest absolute Gasteiger partial charge is 0.507 e. The van der Waals surface area contributed by atoms with E-state index in [4.69, 9.17) is 0 Å². The molecular formula is C13H16F2O2. The standard InChI is InChI=1S/C13H16F2O2/c1-3-4-5-10(16)9-7-6-8(2)11(12(9)17)13(14)15/h6-7,13,17H,3-5H2,1-2H3. The molecule has 0 aliphatic heterocycles. The SMILES string of the molecule is CCCCC(=O)c1ccc(C)c(C(F)F)c1O. The van der Waals surface area contributed by atoms with Gasteiger partial charge in [0.2, 0.25) is 0 Å². The lowest BCUT2D eigenvalue weighted by molar-refractivity contribution is 0.0976. The molecule has 1 aromatic carbocycles. The zero-order valence-electron chi connectivity index (χ0n) is 9.96. The fourth-order valence-corrected chi connectivity index (χ4v) is 1.68. The number of aryl methyl sites for hydroxylation is 1. The number of benzene rings is 1. The third-order valence-corrected chi connectivity index (χ3v) is 2.71. The first-order chi connectivity index (χ1) is 7.99. The van der Waals surface area contributed by atoms with E-state index in [1.54, 1.807) is 0 Å². The Balaban J connectivity index is 3.10. The highest BCUT2D eigenvalue weighted by atomic mass is 19.3. The number of hydrogen-bond acceptors (Lipinski definition) is 2. The van der Waals surface area contributed by atoms with Crippen molar-refractivity contribution in [2.24, 2.45) is 0 Å². The number of halogens is 2. The molecule has 0 aliphatic carbocycles. The molecule has 17 heavy (non-hydrogen) atoms. The van der Waals surface area contributed by atoms with Crippen molar-refractivity contribution in [2.75, 3.05) is 0 Å². The molecule has 0 aliphatic rings. The number of rotatable bonds is 5. The number of aromatic hydroxyl groups is 1. The van der Waals surface area contributed by atoms with Gasteiger partial charge in [-0.05, 0) is 25.0 Å². The lowest BCUT2D eigenvalue weighted by atomic mass is 9.98. The molecule has 0 amide bonds. The minimum absolute atomic E-state index is 0.000602. The molecule has 0 fully saturated rings. The molecule has 0 saturated heterocycles. The number of alkyl halides is 2. The first kappa shape index (κ1) is 13.6. The van der Waals surface area contributed by atoms with Crippen LogP contribution in [-0.4, -0.2) is 10.9 Å². The number of phenolic OH excluding ortho intramolecular Hbond substituents is 1. The lowest BCUT2D eigenvalue weighted by Crippen LogP contribution is -2.02. The zero-order valence-corrected chi connectivity index (χ0v) is 9.96. The summed E-state index contributed by atoms with van der Waals surface area (Å²) in [5, 5.41) is 9.71. The minimum atomic E-state index is -2.77. The van der Waals surface area contributed by atoms with Gasteiger partial charge in [-0.25, -0.2) is 8.78 Å². The van der Waals surface area contributed by atoms with E-state index < -0.39 is 17.7 Å². The van der Waals surface area contributed by atoms with E-state index in [0.29, 0.717) is 12.0 Å². The molecule has 0 unspecified atom stereocenters. The van der Waals surface area contributed by atoms with E-state index in [1.807, 2.05) is 6.92 Å². The second-order valence-electron chi connectivity index (χ2n) is 4.02. The molecule has 0 radical (unpaired) electrons. The van der Waals surface area contributed by atoms with Crippen LogP contribution in [0.4, 0.5) is 8.78 Å². The summed E-state index contributed by atoms with van der Waals surface area (Å²) >= 11 is 0. The van der Waals surface area contributed by atoms with Crippen LogP contribution in [0.2, 0.25) is 0 Å². The van der Waals surface area contributed by atoms with E-state index in [2.05, 4.69) is 0 Å². The molecule has 1 rings (SSSR count). The summed E-state index contributed by atoms with van der Waals surface area (Å²) in [6.45, 7) is 3.42. The molecular weight excluding hydrogens is 226 g/mol. The number of ketones is 1. The Bertz CT molecular complexity index is 414. The summed E-state index contributed by atoms with van der Waals surface area (Å²) in [6.07, 6.45) is -0.958. The third kappa shape index (κ3) is 3.02. The molecule has 0 spiro atoms. The van der Waals surface area contributed by atoms with Crippen LogP contribution in [0.1, 0.15) is 54.1 Å². The van der Waals surface area contributed by atoms with Gasteiger partial charge in [0.05, 0.1) is 11.1 Å². The van der Waals surface area contributed by atoms with E-state index in [-0.39, 0.29) is 17.8 Å². The van der Waals surface area contributed by atoms with E-state index in [0.717, 1.165) is 6.42 Å². The van der Waals surface area contributed by atoms with Crippen LogP contribution in [0.25, 0.3) is 0 Å². The van der Waals surface area contributed by atoms with Crippen molar-refractivity contribution in [1.29, 1.82) is 0 Å². The molecule has 1 N–H and O–H groups in total. The quantitative estimate of drug-likeness (QED) is 0.792. The normalized spacial score (nSPS) is 10.9. The van der Waals surface area contributed by atoms with Gasteiger partial charge in [0.15, 0.2) is 5.78 Å². The van der Waals surface area contributed by atoms with Crippen LogP contribution in [0.15, 0.2) is 12.1 Å². The Labute approximate surface area is 99.3 Å². The fraction of sp³-hybridized carbons (Fsp3) is 0.462. The lowest BCUT2D eigenvalue weighted by Gasteiger charge is -2.11. The van der Waals surface area contributed by atoms with Crippen molar-refractivity contribution in [1.82, 2.24) is 0 Å². The molecule has 0 atom stereocenters. The van der Waals surface area contributed by atoms with Gasteiger partial charge < -0.3 is 5.11 Å². The number of carbonyl (C=O) groups is 1. The number of hydrogen-bond donors (Lipinski definition) is 1. The smallest absolute Gasteiger partial charge is 0.267 e. The number of Topliss-reactive ketones (excluding diaryl/α,β-unsaturated/α-hetero) is 1. The van der Waals surface area contributed by atoms with Crippen molar-refractivity contribution < 1.29 is 18.7 Å². The molecule has 0 heterocycles. The van der Waals surface area contributed by atoms with Crippen LogP contribution < -0.4 is 0 Å². The average molecular weight is 242 g/mol. The van der Waals surface area contributed by atoms with Crippen LogP contribution in [0.3, 0.4) is 0 Å². The number of phenols is 1. The van der Waals surface area contributed by atoms with E-state index in [1.165, 1.54) is 19.1 Å². The van der Waals surface area contributed by atoms with Crippen LogP contribution in [0, 0.1) is 6.92 Å². The maximum Gasteiger partial charge on any atom is 0.267 e. The Kier molecular flexibility index (Phi) is 4.61. The molecule has 0 saturated carbocycles. The number of unbranched alkanes of at least 4 members (excludes halogenated alkanes) is 1. The minimum Gasteiger partial charge on any atom is -0.507 e. The Hall–Kier alpha value is -1.45. The topological polar surface area (TPSA) is 37.3 Å². The second kappa shape index (κ2) is 5.75. The van der Waals surface area contributed by atoms with Crippen molar-refractivity contribution >= 4 is 5.78 Å². The van der Waals surface area contributed by atoms with Gasteiger partial charge in [-0.2, -0.15) is 0 Å². The van der Waals surface area contributed by atoms with Gasteiger partial charge in [0, 0.05) is 6.42 Å². The van der Waals surface area contributed by atoms with Crippen LogP contribution >= 0.6 is 0 Å². The first-order valence-corrected chi connectivity index (χ1v) is 5.62. The zero-order chi connectivity index (χ0) is 13.0. The Morgan fingerprint density at radius 3 is 2.59 bits per heavy atom. The van der Waals surface area contributed by atoms with Crippen molar-refractivity contribution in [2.45, 2.75) is 39.5 Å². The van der Waals surface area contributed by atoms with Gasteiger partial charge >= 0.3 is 0 Å². The van der Waals surface area contributed by atoms with Gasteiger partial charge in [-0.15, -0.1) is 0 Å². The first-order valence-electron chi connectivity index (χ1n) is 5.62. The molecule has 0 bridgehead atoms. The van der Waals surface area contributed by atoms with Crippen LogP contribution in [0.5, 0.6) is 5.75 Å². The van der Waals surface area contributed by atoms with E-state index >= 15 is 0 Å². The summed E-state index contributed by atoms with van der Waals surface area (Å²) in [4.78, 5) is 11.7. The van der Waals surface area contributed by atoms with Crippen molar-refractivity contribution in [3.8, 4) is 5.75 Å². The second-order valence-corrected chi connectivity index (χ2v) is 4.02. The van der Waals surface area contributed by atoms with Gasteiger partial charge in [-0.3, -0.25) is 4.79 Å². The van der Waals surface area contributed by atoms with Crippen LogP contribution in [-0.2, 0) is 0 Å². The summed E-state index contributed by atoms with van der Waals surface area (Å²) in [5.41, 5.74) is -0.142. The predicted molar refractivity (Wildman–Crippen MR) is 61.7 cm³/mol. The highest BCUT2D eigenvalue weighted by molar-refractivity contribution is 5.99. The number of carbonyl (C=O) groups excluding carboxylic acids is 1. The third-order valence-electron chi connectivity index (χ3n) is 2.71. The highest BCUT2D eigenvalue weighted by Crippen LogP contribution is 2.34.